The zero-order chi connectivity index (χ0) is 17.2. The summed E-state index contributed by atoms with van der Waals surface area (Å²) in [6.45, 7) is 1.18. The van der Waals surface area contributed by atoms with Gasteiger partial charge in [-0.05, 0) is 37.0 Å². The molecule has 2 heterocycles. The molecule has 1 aliphatic heterocycles. The summed E-state index contributed by atoms with van der Waals surface area (Å²) in [6, 6.07) is 4.51. The van der Waals surface area contributed by atoms with Crippen LogP contribution >= 0.6 is 0 Å². The minimum absolute atomic E-state index is 0.0724. The van der Waals surface area contributed by atoms with E-state index < -0.39 is 21.9 Å². The zero-order valence-corrected chi connectivity index (χ0v) is 14.2. The highest BCUT2D eigenvalue weighted by molar-refractivity contribution is 7.89. The van der Waals surface area contributed by atoms with E-state index in [-0.39, 0.29) is 10.8 Å². The second kappa shape index (κ2) is 7.00. The maximum atomic E-state index is 13.4. The molecule has 0 amide bonds. The van der Waals surface area contributed by atoms with Crippen LogP contribution in [-0.2, 0) is 21.8 Å². The maximum absolute atomic E-state index is 13.4. The van der Waals surface area contributed by atoms with Crippen LogP contribution in [0.2, 0.25) is 0 Å². The summed E-state index contributed by atoms with van der Waals surface area (Å²) >= 11 is 0. The Balaban J connectivity index is 1.92. The number of nitrogens with one attached hydrogen (secondary N) is 1. The van der Waals surface area contributed by atoms with Gasteiger partial charge in [-0.15, -0.1) is 0 Å². The second-order valence-corrected chi connectivity index (χ2v) is 7.62. The van der Waals surface area contributed by atoms with E-state index in [2.05, 4.69) is 9.71 Å². The average Bonchev–Trinajstić information content (AvgIpc) is 2.99. The van der Waals surface area contributed by atoms with Crippen molar-refractivity contribution in [3.63, 3.8) is 0 Å². The normalized spacial score (nSPS) is 17.8. The number of aryl methyl sites for hydroxylation is 1. The van der Waals surface area contributed by atoms with Gasteiger partial charge in [0.2, 0.25) is 10.0 Å². The minimum Gasteiger partial charge on any atom is -0.381 e. The average molecular weight is 353 g/mol. The number of benzene rings is 1. The van der Waals surface area contributed by atoms with Crippen molar-refractivity contribution in [2.24, 2.45) is 13.0 Å². The number of aromatic nitrogens is 2. The molecule has 3 rings (SSSR count). The Morgan fingerprint density at radius 3 is 2.75 bits per heavy atom. The summed E-state index contributed by atoms with van der Waals surface area (Å²) in [6.07, 6.45) is 4.89. The molecule has 0 bridgehead atoms. The lowest BCUT2D eigenvalue weighted by atomic mass is 9.92. The highest BCUT2D eigenvalue weighted by atomic mass is 32.2. The Morgan fingerprint density at radius 2 is 2.12 bits per heavy atom. The fourth-order valence-electron chi connectivity index (χ4n) is 2.96. The van der Waals surface area contributed by atoms with Gasteiger partial charge in [0.1, 0.15) is 11.6 Å². The third kappa shape index (κ3) is 3.66. The van der Waals surface area contributed by atoms with Crippen molar-refractivity contribution in [2.45, 2.75) is 23.8 Å². The van der Waals surface area contributed by atoms with Crippen LogP contribution in [0.4, 0.5) is 4.39 Å². The Labute approximate surface area is 140 Å². The number of rotatable bonds is 5. The highest BCUT2D eigenvalue weighted by Crippen LogP contribution is 2.30. The van der Waals surface area contributed by atoms with Crippen molar-refractivity contribution in [1.29, 1.82) is 0 Å². The second-order valence-electron chi connectivity index (χ2n) is 5.90. The first-order valence-electron chi connectivity index (χ1n) is 7.80. The fourth-order valence-corrected chi connectivity index (χ4v) is 4.25. The van der Waals surface area contributed by atoms with Gasteiger partial charge in [0.15, 0.2) is 0 Å². The summed E-state index contributed by atoms with van der Waals surface area (Å²) in [5.74, 6) is 0.127. The molecular formula is C16H20FN3O3S. The fraction of sp³-hybridized carbons (Fsp3) is 0.438. The van der Waals surface area contributed by atoms with E-state index in [1.54, 1.807) is 17.0 Å². The number of sulfonamides is 1. The molecule has 0 radical (unpaired) electrons. The molecule has 1 unspecified atom stereocenters. The first-order valence-corrected chi connectivity index (χ1v) is 9.28. The van der Waals surface area contributed by atoms with Gasteiger partial charge in [-0.1, -0.05) is 6.07 Å². The summed E-state index contributed by atoms with van der Waals surface area (Å²) in [5, 5.41) is 0. The van der Waals surface area contributed by atoms with Gasteiger partial charge in [0.25, 0.3) is 0 Å². The first-order chi connectivity index (χ1) is 11.5. The van der Waals surface area contributed by atoms with Crippen LogP contribution in [-0.4, -0.2) is 31.2 Å². The van der Waals surface area contributed by atoms with Crippen LogP contribution in [0.5, 0.6) is 0 Å². The van der Waals surface area contributed by atoms with E-state index in [4.69, 9.17) is 4.74 Å². The molecule has 1 aliphatic rings. The summed E-state index contributed by atoms with van der Waals surface area (Å²) in [5.41, 5.74) is 0. The van der Waals surface area contributed by atoms with Crippen molar-refractivity contribution in [1.82, 2.24) is 14.3 Å². The van der Waals surface area contributed by atoms with E-state index in [0.717, 1.165) is 18.9 Å². The number of nitrogens with zero attached hydrogens (tertiary/aromatic N) is 2. The van der Waals surface area contributed by atoms with E-state index in [1.807, 2.05) is 7.05 Å². The van der Waals surface area contributed by atoms with Crippen LogP contribution < -0.4 is 4.72 Å². The van der Waals surface area contributed by atoms with Gasteiger partial charge in [-0.3, -0.25) is 0 Å². The van der Waals surface area contributed by atoms with Crippen molar-refractivity contribution in [3.05, 3.63) is 48.3 Å². The number of imidazole rings is 1. The summed E-state index contributed by atoms with van der Waals surface area (Å²) in [4.78, 5) is 4.22. The van der Waals surface area contributed by atoms with E-state index in [1.165, 1.54) is 18.2 Å². The molecule has 1 aromatic heterocycles. The summed E-state index contributed by atoms with van der Waals surface area (Å²) in [7, 11) is -2.03. The molecule has 6 nitrogen and oxygen atoms in total. The quantitative estimate of drug-likeness (QED) is 0.892. The Kier molecular flexibility index (Phi) is 4.98. The van der Waals surface area contributed by atoms with E-state index >= 15 is 0 Å². The van der Waals surface area contributed by atoms with Crippen LogP contribution in [0.25, 0.3) is 0 Å². The number of ether oxygens (including phenoxy) is 1. The third-order valence-electron chi connectivity index (χ3n) is 4.26. The smallest absolute Gasteiger partial charge is 0.241 e. The lowest BCUT2D eigenvalue weighted by Gasteiger charge is -2.30. The largest absolute Gasteiger partial charge is 0.381 e. The predicted molar refractivity (Wildman–Crippen MR) is 86.2 cm³/mol. The predicted octanol–water partition coefficient (Wildman–Crippen LogP) is 2.01. The van der Waals surface area contributed by atoms with Gasteiger partial charge in [-0.25, -0.2) is 22.5 Å². The van der Waals surface area contributed by atoms with Crippen LogP contribution in [0, 0.1) is 11.7 Å². The maximum Gasteiger partial charge on any atom is 0.241 e. The number of halogens is 1. The Morgan fingerprint density at radius 1 is 1.38 bits per heavy atom. The molecule has 0 saturated carbocycles. The molecule has 24 heavy (non-hydrogen) atoms. The van der Waals surface area contributed by atoms with Gasteiger partial charge >= 0.3 is 0 Å². The number of hydrogen-bond acceptors (Lipinski definition) is 4. The molecule has 1 atom stereocenters. The molecule has 1 aromatic carbocycles. The molecule has 1 N–H and O–H groups in total. The van der Waals surface area contributed by atoms with Gasteiger partial charge in [-0.2, -0.15) is 0 Å². The summed E-state index contributed by atoms with van der Waals surface area (Å²) < 4.78 is 48.7. The lowest BCUT2D eigenvalue weighted by Crippen LogP contribution is -2.37. The molecule has 2 aromatic rings. The Bertz CT molecular complexity index is 800. The van der Waals surface area contributed by atoms with Crippen LogP contribution in [0.3, 0.4) is 0 Å². The molecule has 130 valence electrons. The molecule has 0 aliphatic carbocycles. The molecule has 1 fully saturated rings. The monoisotopic (exact) mass is 353 g/mol. The molecule has 0 spiro atoms. The van der Waals surface area contributed by atoms with Crippen molar-refractivity contribution in [3.8, 4) is 0 Å². The van der Waals surface area contributed by atoms with Crippen LogP contribution in [0.1, 0.15) is 24.7 Å². The van der Waals surface area contributed by atoms with Gasteiger partial charge in [0.05, 0.1) is 10.9 Å². The van der Waals surface area contributed by atoms with Crippen molar-refractivity contribution < 1.29 is 17.5 Å². The van der Waals surface area contributed by atoms with Crippen molar-refractivity contribution in [2.75, 3.05) is 13.2 Å². The Hall–Kier alpha value is -1.77. The number of hydrogen-bond donors (Lipinski definition) is 1. The standard InChI is InChI=1S/C16H20FN3O3S/c1-20-8-7-18-16(20)15(12-5-9-23-10-6-12)19-24(21,22)14-4-2-3-13(17)11-14/h2-4,7-8,11-12,15,19H,5-6,9-10H2,1H3. The van der Waals surface area contributed by atoms with E-state index in [0.29, 0.717) is 19.0 Å². The molecule has 1 saturated heterocycles. The topological polar surface area (TPSA) is 73.2 Å². The first kappa shape index (κ1) is 17.1. The third-order valence-corrected chi connectivity index (χ3v) is 5.70. The highest BCUT2D eigenvalue weighted by Gasteiger charge is 2.32. The molecule has 8 heteroatoms. The van der Waals surface area contributed by atoms with Crippen molar-refractivity contribution >= 4 is 10.0 Å². The zero-order valence-electron chi connectivity index (χ0n) is 13.4. The van der Waals surface area contributed by atoms with Crippen LogP contribution in [0.15, 0.2) is 41.6 Å². The SMILES string of the molecule is Cn1ccnc1C(NS(=O)(=O)c1cccc(F)c1)C1CCOCC1. The van der Waals surface area contributed by atoms with E-state index in [9.17, 15) is 12.8 Å². The van der Waals surface area contributed by atoms with Gasteiger partial charge in [0, 0.05) is 32.7 Å². The molecular weight excluding hydrogens is 333 g/mol. The minimum atomic E-state index is -3.86. The lowest BCUT2D eigenvalue weighted by molar-refractivity contribution is 0.0551. The van der Waals surface area contributed by atoms with Gasteiger partial charge < -0.3 is 9.30 Å².